The van der Waals surface area contributed by atoms with E-state index >= 15 is 0 Å². The summed E-state index contributed by atoms with van der Waals surface area (Å²) in [5, 5.41) is 3.24. The molecule has 0 atom stereocenters. The number of aliphatic imine (C=N–C) groups is 1. The Labute approximate surface area is 165 Å². The van der Waals surface area contributed by atoms with E-state index in [1.54, 1.807) is 0 Å². The van der Waals surface area contributed by atoms with Gasteiger partial charge in [0.25, 0.3) is 0 Å². The molecule has 1 amide bonds. The van der Waals surface area contributed by atoms with E-state index in [0.717, 1.165) is 38.1 Å². The van der Waals surface area contributed by atoms with Crippen LogP contribution in [0.15, 0.2) is 23.2 Å². The molecule has 2 aliphatic heterocycles. The van der Waals surface area contributed by atoms with Crippen molar-refractivity contribution in [3.63, 3.8) is 0 Å². The Hall–Kier alpha value is -2.38. The maximum absolute atomic E-state index is 14.0. The van der Waals surface area contributed by atoms with Gasteiger partial charge in [-0.2, -0.15) is 0 Å². The number of carbonyl (C=O) groups excluding carboxylic acids is 1. The normalized spacial score (nSPS) is 18.4. The molecule has 0 aromatic heterocycles. The fraction of sp³-hybridized carbons (Fsp3) is 0.600. The van der Waals surface area contributed by atoms with Crippen LogP contribution in [-0.4, -0.2) is 74.0 Å². The highest BCUT2D eigenvalue weighted by Gasteiger charge is 2.23. The lowest BCUT2D eigenvalue weighted by atomic mass is 10.1. The second-order valence-corrected chi connectivity index (χ2v) is 7.18. The van der Waals surface area contributed by atoms with Crippen LogP contribution in [0.5, 0.6) is 0 Å². The highest BCUT2D eigenvalue weighted by Crippen LogP contribution is 2.22. The largest absolute Gasteiger partial charge is 0.366 e. The summed E-state index contributed by atoms with van der Waals surface area (Å²) in [6, 6.07) is 3.53. The summed E-state index contributed by atoms with van der Waals surface area (Å²) >= 11 is 0. The topological polar surface area (TPSA) is 51.2 Å². The van der Waals surface area contributed by atoms with Crippen molar-refractivity contribution in [2.45, 2.75) is 26.2 Å². The number of nitrogens with one attached hydrogen (secondary N) is 1. The van der Waals surface area contributed by atoms with Crippen molar-refractivity contribution >= 4 is 17.6 Å². The highest BCUT2D eigenvalue weighted by molar-refractivity contribution is 5.85. The molecular weight excluding hydrogens is 364 g/mol. The molecule has 28 heavy (non-hydrogen) atoms. The van der Waals surface area contributed by atoms with Crippen molar-refractivity contribution in [3.05, 3.63) is 29.8 Å². The first-order valence-electron chi connectivity index (χ1n) is 10.1. The van der Waals surface area contributed by atoms with Crippen LogP contribution in [0, 0.1) is 11.6 Å². The lowest BCUT2D eigenvalue weighted by Crippen LogP contribution is -2.53. The van der Waals surface area contributed by atoms with Crippen molar-refractivity contribution in [1.29, 1.82) is 0 Å². The minimum absolute atomic E-state index is 0.0653. The SMILES string of the molecule is CCNC(=NCC(=O)N1CCCCC1)N1CCN(c2cc(F)ccc2F)CC1. The van der Waals surface area contributed by atoms with Gasteiger partial charge in [-0.1, -0.05) is 0 Å². The van der Waals surface area contributed by atoms with Crippen LogP contribution in [0.1, 0.15) is 26.2 Å². The Kier molecular flexibility index (Phi) is 7.06. The van der Waals surface area contributed by atoms with Crippen molar-refractivity contribution in [2.24, 2.45) is 4.99 Å². The number of piperazine rings is 1. The molecular formula is C20H29F2N5O. The van der Waals surface area contributed by atoms with E-state index in [0.29, 0.717) is 44.4 Å². The molecule has 0 unspecified atom stereocenters. The molecule has 0 aliphatic carbocycles. The second kappa shape index (κ2) is 9.71. The van der Waals surface area contributed by atoms with Gasteiger partial charge in [-0.05, 0) is 38.3 Å². The first-order chi connectivity index (χ1) is 13.6. The van der Waals surface area contributed by atoms with Crippen LogP contribution < -0.4 is 10.2 Å². The average Bonchev–Trinajstić information content (AvgIpc) is 2.73. The highest BCUT2D eigenvalue weighted by atomic mass is 19.1. The minimum atomic E-state index is -0.440. The number of rotatable bonds is 4. The number of hydrogen-bond donors (Lipinski definition) is 1. The third-order valence-corrected chi connectivity index (χ3v) is 5.24. The van der Waals surface area contributed by atoms with Crippen LogP contribution in [-0.2, 0) is 4.79 Å². The second-order valence-electron chi connectivity index (χ2n) is 7.18. The number of guanidine groups is 1. The Morgan fingerprint density at radius 1 is 1.04 bits per heavy atom. The molecule has 1 aromatic rings. The predicted octanol–water partition coefficient (Wildman–Crippen LogP) is 2.06. The maximum Gasteiger partial charge on any atom is 0.244 e. The zero-order chi connectivity index (χ0) is 19.9. The third kappa shape index (κ3) is 5.11. The molecule has 2 aliphatic rings. The van der Waals surface area contributed by atoms with Gasteiger partial charge in [-0.25, -0.2) is 13.8 Å². The first kappa shape index (κ1) is 20.4. The molecule has 2 saturated heterocycles. The van der Waals surface area contributed by atoms with E-state index < -0.39 is 11.6 Å². The number of carbonyl (C=O) groups is 1. The summed E-state index contributed by atoms with van der Waals surface area (Å²) in [6.07, 6.45) is 3.31. The van der Waals surface area contributed by atoms with Gasteiger partial charge in [-0.15, -0.1) is 0 Å². The average molecular weight is 393 g/mol. The Morgan fingerprint density at radius 3 is 2.43 bits per heavy atom. The lowest BCUT2D eigenvalue weighted by Gasteiger charge is -2.37. The third-order valence-electron chi connectivity index (χ3n) is 5.24. The fourth-order valence-corrected chi connectivity index (χ4v) is 3.70. The number of benzene rings is 1. The summed E-state index contributed by atoms with van der Waals surface area (Å²) in [6.45, 7) is 6.84. The number of piperidine rings is 1. The first-order valence-corrected chi connectivity index (χ1v) is 10.1. The van der Waals surface area contributed by atoms with Gasteiger partial charge < -0.3 is 20.0 Å². The standard InChI is InChI=1S/C20H29F2N5O/c1-2-23-20(24-15-19(28)26-8-4-3-5-9-26)27-12-10-25(11-13-27)18-14-16(21)6-7-17(18)22/h6-7,14H,2-5,8-13,15H2,1H3,(H,23,24). The molecule has 0 spiro atoms. The molecule has 2 fully saturated rings. The molecule has 2 heterocycles. The van der Waals surface area contributed by atoms with Crippen LogP contribution in [0.3, 0.4) is 0 Å². The smallest absolute Gasteiger partial charge is 0.244 e. The number of likely N-dealkylation sites (tertiary alicyclic amines) is 1. The quantitative estimate of drug-likeness (QED) is 0.629. The van der Waals surface area contributed by atoms with Crippen molar-refractivity contribution in [3.8, 4) is 0 Å². The molecule has 8 heteroatoms. The monoisotopic (exact) mass is 393 g/mol. The van der Waals surface area contributed by atoms with Crippen LogP contribution in [0.2, 0.25) is 0 Å². The number of halogens is 2. The zero-order valence-corrected chi connectivity index (χ0v) is 16.5. The van der Waals surface area contributed by atoms with Crippen LogP contribution in [0.4, 0.5) is 14.5 Å². The van der Waals surface area contributed by atoms with Gasteiger partial charge in [0.05, 0.1) is 5.69 Å². The number of nitrogens with zero attached hydrogens (tertiary/aromatic N) is 4. The summed E-state index contributed by atoms with van der Waals surface area (Å²) in [4.78, 5) is 22.7. The van der Waals surface area contributed by atoms with Gasteiger partial charge in [0.1, 0.15) is 18.2 Å². The Morgan fingerprint density at radius 2 is 1.75 bits per heavy atom. The number of hydrogen-bond acceptors (Lipinski definition) is 3. The van der Waals surface area contributed by atoms with E-state index in [-0.39, 0.29) is 12.5 Å². The van der Waals surface area contributed by atoms with E-state index in [2.05, 4.69) is 15.2 Å². The summed E-state index contributed by atoms with van der Waals surface area (Å²) in [5.41, 5.74) is 0.293. The number of amides is 1. The van der Waals surface area contributed by atoms with E-state index in [4.69, 9.17) is 0 Å². The van der Waals surface area contributed by atoms with Crippen molar-refractivity contribution < 1.29 is 13.6 Å². The molecule has 1 aromatic carbocycles. The van der Waals surface area contributed by atoms with Gasteiger partial charge in [0.2, 0.25) is 5.91 Å². The predicted molar refractivity (Wildman–Crippen MR) is 107 cm³/mol. The van der Waals surface area contributed by atoms with Crippen LogP contribution >= 0.6 is 0 Å². The minimum Gasteiger partial charge on any atom is -0.366 e. The molecule has 1 N–H and O–H groups in total. The Balaban J connectivity index is 1.59. The molecule has 0 bridgehead atoms. The van der Waals surface area contributed by atoms with Crippen molar-refractivity contribution in [1.82, 2.24) is 15.1 Å². The molecule has 154 valence electrons. The van der Waals surface area contributed by atoms with E-state index in [1.807, 2.05) is 16.7 Å². The molecule has 6 nitrogen and oxygen atoms in total. The van der Waals surface area contributed by atoms with Gasteiger partial charge >= 0.3 is 0 Å². The number of anilines is 1. The zero-order valence-electron chi connectivity index (χ0n) is 16.5. The summed E-state index contributed by atoms with van der Waals surface area (Å²) in [7, 11) is 0. The van der Waals surface area contributed by atoms with E-state index in [1.165, 1.54) is 12.5 Å². The van der Waals surface area contributed by atoms with Gasteiger partial charge in [0, 0.05) is 51.9 Å². The van der Waals surface area contributed by atoms with Crippen molar-refractivity contribution in [2.75, 3.05) is 57.3 Å². The summed E-state index contributed by atoms with van der Waals surface area (Å²) < 4.78 is 27.5. The Bertz CT molecular complexity index is 698. The van der Waals surface area contributed by atoms with E-state index in [9.17, 15) is 13.6 Å². The molecule has 0 radical (unpaired) electrons. The van der Waals surface area contributed by atoms with Crippen LogP contribution in [0.25, 0.3) is 0 Å². The fourth-order valence-electron chi connectivity index (χ4n) is 3.70. The van der Waals surface area contributed by atoms with Gasteiger partial charge in [-0.3, -0.25) is 4.79 Å². The molecule has 0 saturated carbocycles. The lowest BCUT2D eigenvalue weighted by molar-refractivity contribution is -0.130. The maximum atomic E-state index is 14.0. The summed E-state index contributed by atoms with van der Waals surface area (Å²) in [5.74, 6) is -0.0877. The molecule has 3 rings (SSSR count). The van der Waals surface area contributed by atoms with Gasteiger partial charge in [0.15, 0.2) is 5.96 Å².